The van der Waals surface area contributed by atoms with Crippen LogP contribution in [-0.2, 0) is 4.79 Å². The van der Waals surface area contributed by atoms with Gasteiger partial charge in [-0.15, -0.1) is 11.8 Å². The fraction of sp³-hybridized carbons (Fsp3) is 0.300. The molecule has 0 fully saturated rings. The van der Waals surface area contributed by atoms with Gasteiger partial charge in [0.05, 0.1) is 5.69 Å². The number of para-hydroxylation sites is 1. The highest BCUT2D eigenvalue weighted by molar-refractivity contribution is 9.10. The molecule has 0 aliphatic carbocycles. The average molecular weight is 288 g/mol. The molecule has 5 heteroatoms. The Morgan fingerprint density at radius 3 is 3.07 bits per heavy atom. The van der Waals surface area contributed by atoms with Gasteiger partial charge in [-0.3, -0.25) is 4.79 Å². The quantitative estimate of drug-likeness (QED) is 0.861. The molecule has 1 aromatic carbocycles. The average Bonchev–Trinajstić information content (AvgIpc) is 2.17. The Morgan fingerprint density at radius 1 is 1.67 bits per heavy atom. The third kappa shape index (κ3) is 1.99. The standard InChI is InChI=1S/C10H10BrNO2S/c1-12-5-8(10(13)14)15-7-4-2-3-6(11)9(7)12/h2-4,8H,5H2,1H3,(H,13,14). The number of anilines is 1. The summed E-state index contributed by atoms with van der Waals surface area (Å²) >= 11 is 4.89. The van der Waals surface area contributed by atoms with E-state index in [0.717, 1.165) is 15.1 Å². The first-order chi connectivity index (χ1) is 7.09. The van der Waals surface area contributed by atoms with Gasteiger partial charge in [0.25, 0.3) is 0 Å². The molecule has 0 saturated heterocycles. The summed E-state index contributed by atoms with van der Waals surface area (Å²) in [6.45, 7) is 0.537. The molecule has 80 valence electrons. The minimum Gasteiger partial charge on any atom is -0.480 e. The molecule has 0 saturated carbocycles. The number of hydrogen-bond acceptors (Lipinski definition) is 3. The van der Waals surface area contributed by atoms with E-state index in [9.17, 15) is 4.79 Å². The van der Waals surface area contributed by atoms with E-state index in [1.54, 1.807) is 0 Å². The predicted octanol–water partition coefficient (Wildman–Crippen LogP) is 2.44. The van der Waals surface area contributed by atoms with Gasteiger partial charge in [0.15, 0.2) is 0 Å². The van der Waals surface area contributed by atoms with Crippen LogP contribution in [0.3, 0.4) is 0 Å². The van der Waals surface area contributed by atoms with Gasteiger partial charge < -0.3 is 10.0 Å². The first kappa shape index (κ1) is 10.8. The van der Waals surface area contributed by atoms with Gasteiger partial charge in [0.2, 0.25) is 0 Å². The van der Waals surface area contributed by atoms with E-state index in [4.69, 9.17) is 5.11 Å². The van der Waals surface area contributed by atoms with Crippen molar-refractivity contribution >= 4 is 39.3 Å². The summed E-state index contributed by atoms with van der Waals surface area (Å²) in [5.41, 5.74) is 1.08. The second-order valence-corrected chi connectivity index (χ2v) is 5.51. The molecule has 1 heterocycles. The Labute approximate surface area is 101 Å². The predicted molar refractivity (Wildman–Crippen MR) is 64.7 cm³/mol. The van der Waals surface area contributed by atoms with E-state index >= 15 is 0 Å². The lowest BCUT2D eigenvalue weighted by Crippen LogP contribution is -2.36. The maximum atomic E-state index is 10.9. The number of halogens is 1. The van der Waals surface area contributed by atoms with Crippen LogP contribution in [0, 0.1) is 0 Å². The zero-order valence-electron chi connectivity index (χ0n) is 8.11. The van der Waals surface area contributed by atoms with E-state index in [1.165, 1.54) is 11.8 Å². The largest absolute Gasteiger partial charge is 0.480 e. The van der Waals surface area contributed by atoms with Crippen molar-refractivity contribution in [2.45, 2.75) is 10.1 Å². The molecule has 0 aromatic heterocycles. The molecular weight excluding hydrogens is 278 g/mol. The van der Waals surface area contributed by atoms with E-state index in [0.29, 0.717) is 6.54 Å². The number of aliphatic carboxylic acids is 1. The first-order valence-electron chi connectivity index (χ1n) is 4.48. The molecule has 3 nitrogen and oxygen atoms in total. The zero-order valence-corrected chi connectivity index (χ0v) is 10.5. The zero-order chi connectivity index (χ0) is 11.0. The van der Waals surface area contributed by atoms with Crippen LogP contribution in [0.5, 0.6) is 0 Å². The summed E-state index contributed by atoms with van der Waals surface area (Å²) in [6, 6.07) is 5.85. The van der Waals surface area contributed by atoms with Crippen molar-refractivity contribution in [1.82, 2.24) is 0 Å². The molecule has 1 N–H and O–H groups in total. The maximum Gasteiger partial charge on any atom is 0.318 e. The van der Waals surface area contributed by atoms with Crippen molar-refractivity contribution in [1.29, 1.82) is 0 Å². The number of carboxylic acids is 1. The number of benzene rings is 1. The van der Waals surface area contributed by atoms with E-state index in [1.807, 2.05) is 30.1 Å². The van der Waals surface area contributed by atoms with Gasteiger partial charge in [0, 0.05) is 23.0 Å². The van der Waals surface area contributed by atoms with Gasteiger partial charge in [-0.1, -0.05) is 6.07 Å². The molecule has 1 atom stereocenters. The van der Waals surface area contributed by atoms with Crippen molar-refractivity contribution in [3.05, 3.63) is 22.7 Å². The molecule has 1 aliphatic rings. The number of fused-ring (bicyclic) bond motifs is 1. The minimum atomic E-state index is -0.752. The van der Waals surface area contributed by atoms with Crippen molar-refractivity contribution < 1.29 is 9.90 Å². The number of carboxylic acid groups (broad SMARTS) is 1. The van der Waals surface area contributed by atoms with Crippen LogP contribution in [0.1, 0.15) is 0 Å². The van der Waals surface area contributed by atoms with Crippen LogP contribution in [-0.4, -0.2) is 29.9 Å². The number of hydrogen-bond donors (Lipinski definition) is 1. The summed E-state index contributed by atoms with van der Waals surface area (Å²) in [7, 11) is 1.92. The topological polar surface area (TPSA) is 40.5 Å². The molecule has 0 bridgehead atoms. The van der Waals surface area contributed by atoms with Gasteiger partial charge >= 0.3 is 5.97 Å². The summed E-state index contributed by atoms with van der Waals surface area (Å²) < 4.78 is 1.01. The molecule has 0 amide bonds. The molecule has 1 aromatic rings. The normalized spacial score (nSPS) is 19.9. The lowest BCUT2D eigenvalue weighted by molar-refractivity contribution is -0.136. The van der Waals surface area contributed by atoms with Crippen molar-refractivity contribution in [3.63, 3.8) is 0 Å². The fourth-order valence-corrected chi connectivity index (χ4v) is 3.66. The van der Waals surface area contributed by atoms with Gasteiger partial charge in [0.1, 0.15) is 5.25 Å². The Kier molecular flexibility index (Phi) is 2.93. The Morgan fingerprint density at radius 2 is 2.40 bits per heavy atom. The highest BCUT2D eigenvalue weighted by Crippen LogP contribution is 2.41. The van der Waals surface area contributed by atoms with E-state index in [-0.39, 0.29) is 5.25 Å². The summed E-state index contributed by atoms with van der Waals surface area (Å²) in [6.07, 6.45) is 0. The number of nitrogens with zero attached hydrogens (tertiary/aromatic N) is 1. The maximum absolute atomic E-state index is 10.9. The Balaban J connectivity index is 2.40. The third-order valence-electron chi connectivity index (χ3n) is 2.32. The molecule has 15 heavy (non-hydrogen) atoms. The molecular formula is C10H10BrNO2S. The van der Waals surface area contributed by atoms with Crippen LogP contribution >= 0.6 is 27.7 Å². The van der Waals surface area contributed by atoms with Crippen molar-refractivity contribution in [3.8, 4) is 0 Å². The molecule has 2 rings (SSSR count). The lowest BCUT2D eigenvalue weighted by Gasteiger charge is -2.31. The monoisotopic (exact) mass is 287 g/mol. The SMILES string of the molecule is CN1CC(C(=O)O)Sc2cccc(Br)c21. The van der Waals surface area contributed by atoms with Crippen LogP contribution in [0.2, 0.25) is 0 Å². The van der Waals surface area contributed by atoms with E-state index in [2.05, 4.69) is 15.9 Å². The van der Waals surface area contributed by atoms with Crippen LogP contribution in [0.15, 0.2) is 27.6 Å². The van der Waals surface area contributed by atoms with Crippen LogP contribution in [0.25, 0.3) is 0 Å². The molecule has 1 aliphatic heterocycles. The van der Waals surface area contributed by atoms with Crippen LogP contribution < -0.4 is 4.90 Å². The summed E-state index contributed by atoms with van der Waals surface area (Å²) in [4.78, 5) is 13.9. The third-order valence-corrected chi connectivity index (χ3v) is 4.17. The van der Waals surface area contributed by atoms with Gasteiger partial charge in [-0.2, -0.15) is 0 Å². The highest BCUT2D eigenvalue weighted by Gasteiger charge is 2.28. The summed E-state index contributed by atoms with van der Waals surface area (Å²) in [5, 5.41) is 8.61. The molecule has 0 radical (unpaired) electrons. The van der Waals surface area contributed by atoms with E-state index < -0.39 is 5.97 Å². The van der Waals surface area contributed by atoms with Gasteiger partial charge in [-0.05, 0) is 28.1 Å². The number of carbonyl (C=O) groups is 1. The lowest BCUT2D eigenvalue weighted by atomic mass is 10.2. The van der Waals surface area contributed by atoms with Gasteiger partial charge in [-0.25, -0.2) is 0 Å². The fourth-order valence-electron chi connectivity index (χ4n) is 1.62. The smallest absolute Gasteiger partial charge is 0.318 e. The second kappa shape index (κ2) is 4.06. The Hall–Kier alpha value is -0.680. The van der Waals surface area contributed by atoms with Crippen molar-refractivity contribution in [2.75, 3.05) is 18.5 Å². The minimum absolute atomic E-state index is 0.378. The molecule has 1 unspecified atom stereocenters. The second-order valence-electron chi connectivity index (χ2n) is 3.41. The van der Waals surface area contributed by atoms with Crippen molar-refractivity contribution in [2.24, 2.45) is 0 Å². The Bertz CT molecular complexity index is 410. The number of rotatable bonds is 1. The summed E-state index contributed by atoms with van der Waals surface area (Å²) in [5.74, 6) is -0.752. The molecule has 0 spiro atoms. The highest BCUT2D eigenvalue weighted by atomic mass is 79.9. The number of thioether (sulfide) groups is 1. The first-order valence-corrected chi connectivity index (χ1v) is 6.16. The van der Waals surface area contributed by atoms with Crippen LogP contribution in [0.4, 0.5) is 5.69 Å².